The second kappa shape index (κ2) is 4.85. The number of pyridine rings is 1. The third kappa shape index (κ3) is 2.64. The lowest BCUT2D eigenvalue weighted by molar-refractivity contribution is -0.136. The van der Waals surface area contributed by atoms with Crippen molar-refractivity contribution in [2.24, 2.45) is 0 Å². The first-order valence-corrected chi connectivity index (χ1v) is 5.64. The first-order chi connectivity index (χ1) is 7.75. The normalized spacial score (nSPS) is 10.2. The van der Waals surface area contributed by atoms with Crippen LogP contribution in [0.4, 0.5) is 0 Å². The van der Waals surface area contributed by atoms with Crippen LogP contribution < -0.4 is 0 Å². The van der Waals surface area contributed by atoms with Crippen LogP contribution in [0.5, 0.6) is 0 Å². The Labute approximate surface area is 96.6 Å². The molecule has 0 atom stereocenters. The number of nitrogens with zero attached hydrogens (tertiary/aromatic N) is 2. The van der Waals surface area contributed by atoms with Crippen LogP contribution in [0.15, 0.2) is 30.7 Å². The average Bonchev–Trinajstić information content (AvgIpc) is 2.76. The van der Waals surface area contributed by atoms with E-state index in [0.29, 0.717) is 6.42 Å². The molecule has 2 aromatic heterocycles. The Kier molecular flexibility index (Phi) is 3.26. The quantitative estimate of drug-likeness (QED) is 0.881. The highest BCUT2D eigenvalue weighted by atomic mass is 32.1. The average molecular weight is 234 g/mol. The summed E-state index contributed by atoms with van der Waals surface area (Å²) in [5.41, 5.74) is 1.06. The fraction of sp³-hybridized carbons (Fsp3) is 0.182. The first-order valence-electron chi connectivity index (χ1n) is 4.82. The molecule has 1 N–H and O–H groups in total. The molecule has 0 fully saturated rings. The van der Waals surface area contributed by atoms with Crippen molar-refractivity contribution in [3.63, 3.8) is 0 Å². The zero-order chi connectivity index (χ0) is 11.4. The molecule has 2 rings (SSSR count). The van der Waals surface area contributed by atoms with Crippen LogP contribution in [-0.2, 0) is 11.2 Å². The van der Waals surface area contributed by atoms with Gasteiger partial charge in [0.15, 0.2) is 0 Å². The van der Waals surface area contributed by atoms with Crippen LogP contribution >= 0.6 is 11.3 Å². The summed E-state index contributed by atoms with van der Waals surface area (Å²) in [6, 6.07) is 3.82. The summed E-state index contributed by atoms with van der Waals surface area (Å²) in [6.45, 7) is 0. The van der Waals surface area contributed by atoms with Gasteiger partial charge < -0.3 is 5.11 Å². The predicted octanol–water partition coefficient (Wildman–Crippen LogP) is 2.22. The number of carboxylic acids is 1. The molecule has 0 aliphatic rings. The molecule has 2 heterocycles. The van der Waals surface area contributed by atoms with Crippen molar-refractivity contribution < 1.29 is 9.90 Å². The number of aliphatic carboxylic acids is 1. The molecule has 0 unspecified atom stereocenters. The molecular weight excluding hydrogens is 224 g/mol. The summed E-state index contributed by atoms with van der Waals surface area (Å²) < 4.78 is 0. The van der Waals surface area contributed by atoms with E-state index < -0.39 is 5.97 Å². The maximum atomic E-state index is 10.4. The van der Waals surface area contributed by atoms with E-state index in [-0.39, 0.29) is 6.42 Å². The van der Waals surface area contributed by atoms with Gasteiger partial charge in [0.25, 0.3) is 0 Å². The lowest BCUT2D eigenvalue weighted by atomic mass is 10.2. The number of hydrogen-bond acceptors (Lipinski definition) is 4. The number of thiazole rings is 1. The van der Waals surface area contributed by atoms with Gasteiger partial charge >= 0.3 is 5.97 Å². The molecule has 0 bridgehead atoms. The van der Waals surface area contributed by atoms with Crippen LogP contribution in [0.1, 0.15) is 11.4 Å². The molecule has 0 radical (unpaired) electrons. The van der Waals surface area contributed by atoms with E-state index in [0.717, 1.165) is 15.4 Å². The van der Waals surface area contributed by atoms with Gasteiger partial charge in [0.2, 0.25) is 0 Å². The Balaban J connectivity index is 2.11. The number of aryl methyl sites for hydroxylation is 1. The number of carboxylic acid groups (broad SMARTS) is 1. The van der Waals surface area contributed by atoms with Gasteiger partial charge in [-0.2, -0.15) is 0 Å². The molecule has 0 amide bonds. The molecule has 0 saturated heterocycles. The molecule has 0 aliphatic heterocycles. The van der Waals surface area contributed by atoms with Gasteiger partial charge in [-0.1, -0.05) is 0 Å². The fourth-order valence-corrected chi connectivity index (χ4v) is 2.21. The third-order valence-corrected chi connectivity index (χ3v) is 3.18. The predicted molar refractivity (Wildman–Crippen MR) is 61.3 cm³/mol. The van der Waals surface area contributed by atoms with Gasteiger partial charge in [-0.25, -0.2) is 4.98 Å². The second-order valence-corrected chi connectivity index (χ2v) is 4.36. The Morgan fingerprint density at radius 2 is 2.12 bits per heavy atom. The van der Waals surface area contributed by atoms with E-state index in [2.05, 4.69) is 9.97 Å². The van der Waals surface area contributed by atoms with Crippen molar-refractivity contribution in [3.8, 4) is 10.4 Å². The summed E-state index contributed by atoms with van der Waals surface area (Å²) in [6.07, 6.45) is 5.85. The van der Waals surface area contributed by atoms with Crippen molar-refractivity contribution in [2.45, 2.75) is 12.8 Å². The van der Waals surface area contributed by atoms with E-state index in [9.17, 15) is 4.79 Å². The van der Waals surface area contributed by atoms with E-state index in [1.54, 1.807) is 18.6 Å². The smallest absolute Gasteiger partial charge is 0.303 e. The van der Waals surface area contributed by atoms with Crippen LogP contribution in [0.2, 0.25) is 0 Å². The number of hydrogen-bond donors (Lipinski definition) is 1. The van der Waals surface area contributed by atoms with Gasteiger partial charge in [-0.3, -0.25) is 9.78 Å². The number of rotatable bonds is 4. The highest BCUT2D eigenvalue weighted by molar-refractivity contribution is 7.15. The molecule has 16 heavy (non-hydrogen) atoms. The van der Waals surface area contributed by atoms with Gasteiger partial charge in [0.05, 0.1) is 16.3 Å². The van der Waals surface area contributed by atoms with Gasteiger partial charge in [0, 0.05) is 25.0 Å². The van der Waals surface area contributed by atoms with Crippen molar-refractivity contribution in [1.29, 1.82) is 0 Å². The fourth-order valence-electron chi connectivity index (χ4n) is 1.29. The first kappa shape index (κ1) is 10.8. The topological polar surface area (TPSA) is 63.1 Å². The summed E-state index contributed by atoms with van der Waals surface area (Å²) >= 11 is 1.53. The van der Waals surface area contributed by atoms with Gasteiger partial charge in [-0.05, 0) is 17.7 Å². The number of carbonyl (C=O) groups is 1. The molecule has 5 heteroatoms. The minimum Gasteiger partial charge on any atom is -0.481 e. The summed E-state index contributed by atoms with van der Waals surface area (Å²) in [4.78, 5) is 19.6. The molecular formula is C11H10N2O2S. The van der Waals surface area contributed by atoms with Crippen LogP contribution in [-0.4, -0.2) is 21.0 Å². The summed E-state index contributed by atoms with van der Waals surface area (Å²) in [7, 11) is 0. The van der Waals surface area contributed by atoms with Crippen molar-refractivity contribution in [1.82, 2.24) is 9.97 Å². The summed E-state index contributed by atoms with van der Waals surface area (Å²) in [5, 5.41) is 9.42. The monoisotopic (exact) mass is 234 g/mol. The van der Waals surface area contributed by atoms with E-state index in [1.807, 2.05) is 12.1 Å². The van der Waals surface area contributed by atoms with Crippen molar-refractivity contribution >= 4 is 17.3 Å². The zero-order valence-corrected chi connectivity index (χ0v) is 9.28. The molecule has 82 valence electrons. The summed E-state index contributed by atoms with van der Waals surface area (Å²) in [5.74, 6) is -0.791. The lowest BCUT2D eigenvalue weighted by Gasteiger charge is -1.93. The molecule has 0 aromatic carbocycles. The van der Waals surface area contributed by atoms with Crippen LogP contribution in [0.25, 0.3) is 10.4 Å². The standard InChI is InChI=1S/C11H10N2O2S/c14-11(15)2-1-10-13-7-9(16-10)8-3-5-12-6-4-8/h3-7H,1-2H2,(H,14,15). The zero-order valence-electron chi connectivity index (χ0n) is 8.46. The SMILES string of the molecule is O=C(O)CCc1ncc(-c2ccncc2)s1. The highest BCUT2D eigenvalue weighted by Gasteiger charge is 2.05. The third-order valence-electron chi connectivity index (χ3n) is 2.07. The molecule has 4 nitrogen and oxygen atoms in total. The second-order valence-electron chi connectivity index (χ2n) is 3.25. The Morgan fingerprint density at radius 1 is 1.38 bits per heavy atom. The van der Waals surface area contributed by atoms with Gasteiger partial charge in [0.1, 0.15) is 0 Å². The largest absolute Gasteiger partial charge is 0.481 e. The Bertz CT molecular complexity index is 482. The molecule has 2 aromatic rings. The van der Waals surface area contributed by atoms with Crippen molar-refractivity contribution in [2.75, 3.05) is 0 Å². The molecule has 0 spiro atoms. The van der Waals surface area contributed by atoms with Crippen molar-refractivity contribution in [3.05, 3.63) is 35.7 Å². The van der Waals surface area contributed by atoms with Crippen LogP contribution in [0.3, 0.4) is 0 Å². The molecule has 0 aliphatic carbocycles. The van der Waals surface area contributed by atoms with Crippen LogP contribution in [0, 0.1) is 0 Å². The Morgan fingerprint density at radius 3 is 2.81 bits per heavy atom. The van der Waals surface area contributed by atoms with E-state index in [1.165, 1.54) is 11.3 Å². The minimum atomic E-state index is -0.791. The number of aromatic nitrogens is 2. The highest BCUT2D eigenvalue weighted by Crippen LogP contribution is 2.25. The van der Waals surface area contributed by atoms with E-state index >= 15 is 0 Å². The minimum absolute atomic E-state index is 0.128. The lowest BCUT2D eigenvalue weighted by Crippen LogP contribution is -1.96. The maximum Gasteiger partial charge on any atom is 0.303 e. The maximum absolute atomic E-state index is 10.4. The van der Waals surface area contributed by atoms with Gasteiger partial charge in [-0.15, -0.1) is 11.3 Å². The molecule has 0 saturated carbocycles. The van der Waals surface area contributed by atoms with E-state index in [4.69, 9.17) is 5.11 Å². The Hall–Kier alpha value is -1.75.